The van der Waals surface area contributed by atoms with E-state index in [2.05, 4.69) is 49.5 Å². The van der Waals surface area contributed by atoms with Crippen molar-refractivity contribution in [3.63, 3.8) is 0 Å². The summed E-state index contributed by atoms with van der Waals surface area (Å²) in [6.45, 7) is 5.45. The van der Waals surface area contributed by atoms with Crippen LogP contribution < -0.4 is 5.32 Å². The van der Waals surface area contributed by atoms with Crippen LogP contribution in [-0.2, 0) is 19.3 Å². The van der Waals surface area contributed by atoms with Crippen LogP contribution >= 0.6 is 11.3 Å². The molecule has 1 aromatic heterocycles. The Bertz CT molecular complexity index is 576. The van der Waals surface area contributed by atoms with E-state index < -0.39 is 0 Å². The highest BCUT2D eigenvalue weighted by Gasteiger charge is 2.19. The Morgan fingerprint density at radius 3 is 2.76 bits per heavy atom. The Balaban J connectivity index is 1.84. The summed E-state index contributed by atoms with van der Waals surface area (Å²) in [5.41, 5.74) is 4.49. The highest BCUT2D eigenvalue weighted by atomic mass is 32.1. The minimum atomic E-state index is 0.465. The lowest BCUT2D eigenvalue weighted by molar-refractivity contribution is 0.556. The fourth-order valence-electron chi connectivity index (χ4n) is 3.26. The summed E-state index contributed by atoms with van der Waals surface area (Å²) in [6, 6.07) is 11.7. The lowest BCUT2D eigenvalue weighted by Gasteiger charge is -2.17. The minimum absolute atomic E-state index is 0.465. The fraction of sp³-hybridized carbons (Fsp3) is 0.474. The summed E-state index contributed by atoms with van der Waals surface area (Å²) >= 11 is 2.05. The lowest BCUT2D eigenvalue weighted by atomic mass is 9.97. The van der Waals surface area contributed by atoms with Crippen molar-refractivity contribution in [3.8, 4) is 0 Å². The van der Waals surface area contributed by atoms with Crippen LogP contribution in [-0.4, -0.2) is 6.54 Å². The second-order valence-corrected chi connectivity index (χ2v) is 7.21. The molecule has 1 aromatic carbocycles. The van der Waals surface area contributed by atoms with Gasteiger partial charge in [-0.25, -0.2) is 0 Å². The predicted molar refractivity (Wildman–Crippen MR) is 92.3 cm³/mol. The Kier molecular flexibility index (Phi) is 4.77. The number of hydrogen-bond acceptors (Lipinski definition) is 2. The molecule has 0 saturated carbocycles. The SMILES string of the molecule is CCNC(Cc1ccccc1C)c1cc2c(s1)CCCC2. The van der Waals surface area contributed by atoms with Gasteiger partial charge in [-0.1, -0.05) is 31.2 Å². The number of fused-ring (bicyclic) bond motifs is 1. The number of nitrogens with one attached hydrogen (secondary N) is 1. The van der Waals surface area contributed by atoms with Crippen molar-refractivity contribution in [2.24, 2.45) is 0 Å². The molecule has 1 aliphatic rings. The van der Waals surface area contributed by atoms with Crippen LogP contribution in [0.2, 0.25) is 0 Å². The molecule has 1 heterocycles. The highest BCUT2D eigenvalue weighted by Crippen LogP contribution is 2.34. The van der Waals surface area contributed by atoms with Crippen LogP contribution in [0, 0.1) is 6.92 Å². The third kappa shape index (κ3) is 3.38. The maximum atomic E-state index is 3.69. The zero-order valence-corrected chi connectivity index (χ0v) is 13.9. The average molecular weight is 299 g/mol. The maximum absolute atomic E-state index is 3.69. The van der Waals surface area contributed by atoms with Crippen LogP contribution in [0.25, 0.3) is 0 Å². The van der Waals surface area contributed by atoms with E-state index in [1.54, 1.807) is 10.4 Å². The van der Waals surface area contributed by atoms with Crippen molar-refractivity contribution in [1.82, 2.24) is 5.32 Å². The molecule has 0 radical (unpaired) electrons. The molecular formula is C19H25NS. The van der Waals surface area contributed by atoms with Crippen molar-refractivity contribution in [2.45, 2.75) is 52.0 Å². The van der Waals surface area contributed by atoms with Gasteiger partial charge < -0.3 is 5.32 Å². The molecule has 112 valence electrons. The van der Waals surface area contributed by atoms with Gasteiger partial charge in [-0.2, -0.15) is 0 Å². The molecule has 2 aromatic rings. The highest BCUT2D eigenvalue weighted by molar-refractivity contribution is 7.12. The van der Waals surface area contributed by atoms with Gasteiger partial charge in [0, 0.05) is 15.8 Å². The smallest absolute Gasteiger partial charge is 0.0455 e. The zero-order valence-electron chi connectivity index (χ0n) is 13.1. The van der Waals surface area contributed by atoms with E-state index >= 15 is 0 Å². The van der Waals surface area contributed by atoms with Gasteiger partial charge in [-0.15, -0.1) is 11.3 Å². The van der Waals surface area contributed by atoms with E-state index in [9.17, 15) is 0 Å². The molecule has 1 N–H and O–H groups in total. The number of thiophene rings is 1. The summed E-state index contributed by atoms with van der Waals surface area (Å²) in [7, 11) is 0. The summed E-state index contributed by atoms with van der Waals surface area (Å²) in [5, 5.41) is 3.69. The van der Waals surface area contributed by atoms with Gasteiger partial charge in [-0.3, -0.25) is 0 Å². The molecule has 0 bridgehead atoms. The van der Waals surface area contributed by atoms with Gasteiger partial charge in [0.25, 0.3) is 0 Å². The molecule has 0 saturated heterocycles. The lowest BCUT2D eigenvalue weighted by Crippen LogP contribution is -2.22. The molecule has 1 aliphatic carbocycles. The Morgan fingerprint density at radius 2 is 2.00 bits per heavy atom. The molecule has 0 fully saturated rings. The molecular weight excluding hydrogens is 274 g/mol. The van der Waals surface area contributed by atoms with Crippen molar-refractivity contribution >= 4 is 11.3 Å². The molecule has 21 heavy (non-hydrogen) atoms. The fourth-order valence-corrected chi connectivity index (χ4v) is 4.60. The van der Waals surface area contributed by atoms with Gasteiger partial charge in [0.05, 0.1) is 0 Å². The van der Waals surface area contributed by atoms with E-state index in [1.807, 2.05) is 11.3 Å². The normalized spacial score (nSPS) is 15.7. The zero-order chi connectivity index (χ0) is 14.7. The van der Waals surface area contributed by atoms with Gasteiger partial charge in [0.15, 0.2) is 0 Å². The van der Waals surface area contributed by atoms with E-state index in [4.69, 9.17) is 0 Å². The van der Waals surface area contributed by atoms with Crippen molar-refractivity contribution in [1.29, 1.82) is 0 Å². The van der Waals surface area contributed by atoms with Gasteiger partial charge in [0.2, 0.25) is 0 Å². The number of benzene rings is 1. The summed E-state index contributed by atoms with van der Waals surface area (Å²) < 4.78 is 0. The van der Waals surface area contributed by atoms with Gasteiger partial charge in [0.1, 0.15) is 0 Å². The molecule has 1 atom stereocenters. The first-order valence-electron chi connectivity index (χ1n) is 8.17. The largest absolute Gasteiger partial charge is 0.309 e. The second kappa shape index (κ2) is 6.76. The molecule has 0 aliphatic heterocycles. The molecule has 0 amide bonds. The Hall–Kier alpha value is -1.12. The molecule has 0 spiro atoms. The molecule has 3 rings (SSSR count). The van der Waals surface area contributed by atoms with E-state index in [0.717, 1.165) is 13.0 Å². The van der Waals surface area contributed by atoms with Crippen molar-refractivity contribution in [3.05, 3.63) is 56.8 Å². The topological polar surface area (TPSA) is 12.0 Å². The molecule has 1 nitrogen and oxygen atoms in total. The van der Waals surface area contributed by atoms with Crippen LogP contribution in [0.5, 0.6) is 0 Å². The standard InChI is InChI=1S/C19H25NS/c1-3-20-17(12-15-9-5-4-8-14(15)2)19-13-16-10-6-7-11-18(16)21-19/h4-5,8-9,13,17,20H,3,6-7,10-12H2,1-2H3. The summed E-state index contributed by atoms with van der Waals surface area (Å²) in [4.78, 5) is 3.18. The first kappa shape index (κ1) is 14.8. The van der Waals surface area contributed by atoms with Crippen molar-refractivity contribution < 1.29 is 0 Å². The maximum Gasteiger partial charge on any atom is 0.0455 e. The summed E-state index contributed by atoms with van der Waals surface area (Å²) in [5.74, 6) is 0. The third-order valence-corrected chi connectivity index (χ3v) is 5.85. The summed E-state index contributed by atoms with van der Waals surface area (Å²) in [6.07, 6.45) is 6.42. The van der Waals surface area contributed by atoms with E-state index in [-0.39, 0.29) is 0 Å². The predicted octanol–water partition coefficient (Wildman–Crippen LogP) is 4.83. The number of likely N-dealkylation sites (N-methyl/N-ethyl adjacent to an activating group) is 1. The van der Waals surface area contributed by atoms with Gasteiger partial charge in [-0.05, 0) is 68.3 Å². The number of rotatable bonds is 5. The first-order chi connectivity index (χ1) is 10.3. The monoisotopic (exact) mass is 299 g/mol. The quantitative estimate of drug-likeness (QED) is 0.834. The van der Waals surface area contributed by atoms with Crippen LogP contribution in [0.3, 0.4) is 0 Å². The number of aryl methyl sites for hydroxylation is 3. The van der Waals surface area contributed by atoms with E-state index in [0.29, 0.717) is 6.04 Å². The third-order valence-electron chi connectivity index (χ3n) is 4.49. The van der Waals surface area contributed by atoms with Crippen molar-refractivity contribution in [2.75, 3.05) is 6.54 Å². The Morgan fingerprint density at radius 1 is 1.19 bits per heavy atom. The average Bonchev–Trinajstić information content (AvgIpc) is 2.93. The molecule has 1 unspecified atom stereocenters. The number of hydrogen-bond donors (Lipinski definition) is 1. The minimum Gasteiger partial charge on any atom is -0.309 e. The second-order valence-electron chi connectivity index (χ2n) is 6.05. The van der Waals surface area contributed by atoms with Crippen LogP contribution in [0.15, 0.2) is 30.3 Å². The van der Waals surface area contributed by atoms with Gasteiger partial charge >= 0.3 is 0 Å². The van der Waals surface area contributed by atoms with Crippen LogP contribution in [0.1, 0.15) is 52.3 Å². The molecule has 2 heteroatoms. The first-order valence-corrected chi connectivity index (χ1v) is 8.99. The Labute approximate surface area is 132 Å². The van der Waals surface area contributed by atoms with E-state index in [1.165, 1.54) is 41.7 Å². The van der Waals surface area contributed by atoms with Crippen LogP contribution in [0.4, 0.5) is 0 Å².